The molecule has 0 heterocycles. The first-order valence-electron chi connectivity index (χ1n) is 16.8. The second-order valence-electron chi connectivity index (χ2n) is 13.2. The highest BCUT2D eigenvalue weighted by Crippen LogP contribution is 2.61. The Morgan fingerprint density at radius 2 is 1.14 bits per heavy atom. The standard InChI is InChI=1S/C34H62O2/c1-3-5-7-9-11-19-29-36-32(35)34(25-17-13-18-26-34)33(24-16-10-8-6-4-2)27-22-31(23-28-33)30-20-14-12-15-21-30/h30-31H,3-29H2,1-2H3. The molecule has 210 valence electrons. The number of rotatable bonds is 16. The maximum Gasteiger partial charge on any atom is 0.312 e. The average Bonchev–Trinajstić information content (AvgIpc) is 2.93. The molecule has 3 aliphatic carbocycles. The fraction of sp³-hybridized carbons (Fsp3) is 0.971. The van der Waals surface area contributed by atoms with Crippen molar-refractivity contribution in [3.8, 4) is 0 Å². The lowest BCUT2D eigenvalue weighted by Crippen LogP contribution is -2.52. The van der Waals surface area contributed by atoms with Crippen LogP contribution in [0.3, 0.4) is 0 Å². The topological polar surface area (TPSA) is 26.3 Å². The van der Waals surface area contributed by atoms with Crippen LogP contribution in [0.4, 0.5) is 0 Å². The molecule has 2 nitrogen and oxygen atoms in total. The summed E-state index contributed by atoms with van der Waals surface area (Å²) < 4.78 is 6.22. The van der Waals surface area contributed by atoms with Gasteiger partial charge < -0.3 is 4.74 Å². The zero-order valence-electron chi connectivity index (χ0n) is 24.6. The van der Waals surface area contributed by atoms with Gasteiger partial charge in [0.2, 0.25) is 0 Å². The van der Waals surface area contributed by atoms with Gasteiger partial charge in [-0.3, -0.25) is 4.79 Å². The van der Waals surface area contributed by atoms with Gasteiger partial charge in [0.05, 0.1) is 12.0 Å². The lowest BCUT2D eigenvalue weighted by molar-refractivity contribution is -0.175. The summed E-state index contributed by atoms with van der Waals surface area (Å²) in [5.74, 6) is 2.13. The lowest BCUT2D eigenvalue weighted by Gasteiger charge is -2.55. The molecule has 3 fully saturated rings. The Labute approximate surface area is 225 Å². The number of hydrogen-bond donors (Lipinski definition) is 0. The number of hydrogen-bond acceptors (Lipinski definition) is 2. The van der Waals surface area contributed by atoms with Gasteiger partial charge in [-0.15, -0.1) is 0 Å². The van der Waals surface area contributed by atoms with Crippen LogP contribution in [0.5, 0.6) is 0 Å². The first-order chi connectivity index (χ1) is 17.7. The van der Waals surface area contributed by atoms with Gasteiger partial charge in [-0.05, 0) is 68.6 Å². The van der Waals surface area contributed by atoms with Crippen molar-refractivity contribution in [2.45, 2.75) is 181 Å². The molecule has 0 aromatic heterocycles. The van der Waals surface area contributed by atoms with Gasteiger partial charge in [0.1, 0.15) is 0 Å². The van der Waals surface area contributed by atoms with E-state index in [0.29, 0.717) is 6.61 Å². The van der Waals surface area contributed by atoms with Crippen molar-refractivity contribution in [1.82, 2.24) is 0 Å². The van der Waals surface area contributed by atoms with Crippen LogP contribution in [0, 0.1) is 22.7 Å². The molecule has 2 heteroatoms. The molecule has 3 saturated carbocycles. The molecule has 0 aliphatic heterocycles. The largest absolute Gasteiger partial charge is 0.465 e. The minimum atomic E-state index is -0.185. The highest BCUT2D eigenvalue weighted by Gasteiger charge is 2.57. The molecule has 36 heavy (non-hydrogen) atoms. The molecule has 0 saturated heterocycles. The Kier molecular flexibility index (Phi) is 13.7. The molecule has 0 aromatic carbocycles. The minimum Gasteiger partial charge on any atom is -0.465 e. The van der Waals surface area contributed by atoms with E-state index in [0.717, 1.165) is 31.1 Å². The summed E-state index contributed by atoms with van der Waals surface area (Å²) in [5, 5.41) is 0. The maximum absolute atomic E-state index is 14.1. The Morgan fingerprint density at radius 3 is 1.78 bits per heavy atom. The van der Waals surface area contributed by atoms with Crippen molar-refractivity contribution >= 4 is 5.97 Å². The third-order valence-electron chi connectivity index (χ3n) is 10.9. The van der Waals surface area contributed by atoms with E-state index in [1.165, 1.54) is 148 Å². The first-order valence-corrected chi connectivity index (χ1v) is 16.8. The average molecular weight is 503 g/mol. The predicted octanol–water partition coefficient (Wildman–Crippen LogP) is 11.0. The maximum atomic E-state index is 14.1. The van der Waals surface area contributed by atoms with Gasteiger partial charge in [-0.2, -0.15) is 0 Å². The van der Waals surface area contributed by atoms with Crippen LogP contribution in [0.2, 0.25) is 0 Å². The van der Waals surface area contributed by atoms with Gasteiger partial charge in [-0.25, -0.2) is 0 Å². The molecule has 0 unspecified atom stereocenters. The molecule has 3 rings (SSSR count). The summed E-state index contributed by atoms with van der Waals surface area (Å²) in [7, 11) is 0. The third kappa shape index (κ3) is 8.23. The van der Waals surface area contributed by atoms with E-state index in [9.17, 15) is 4.79 Å². The van der Waals surface area contributed by atoms with Crippen LogP contribution in [0.25, 0.3) is 0 Å². The highest BCUT2D eigenvalue weighted by molar-refractivity contribution is 5.78. The van der Waals surface area contributed by atoms with E-state index < -0.39 is 0 Å². The van der Waals surface area contributed by atoms with Gasteiger partial charge >= 0.3 is 5.97 Å². The zero-order valence-corrected chi connectivity index (χ0v) is 24.6. The summed E-state index contributed by atoms with van der Waals surface area (Å²) in [6, 6.07) is 0. The molecule has 0 atom stereocenters. The Bertz CT molecular complexity index is 576. The summed E-state index contributed by atoms with van der Waals surface area (Å²) >= 11 is 0. The summed E-state index contributed by atoms with van der Waals surface area (Å²) in [6.45, 7) is 5.24. The van der Waals surface area contributed by atoms with E-state index in [1.54, 1.807) is 0 Å². The van der Waals surface area contributed by atoms with Crippen molar-refractivity contribution < 1.29 is 9.53 Å². The highest BCUT2D eigenvalue weighted by atomic mass is 16.5. The Balaban J connectivity index is 1.66. The minimum absolute atomic E-state index is 0.185. The van der Waals surface area contributed by atoms with Gasteiger partial charge in [-0.1, -0.05) is 129 Å². The molecule has 0 amide bonds. The third-order valence-corrected chi connectivity index (χ3v) is 10.9. The first kappa shape index (κ1) is 30.0. The second kappa shape index (κ2) is 16.4. The Morgan fingerprint density at radius 1 is 0.611 bits per heavy atom. The molecular formula is C34H62O2. The molecule has 0 N–H and O–H groups in total. The Hall–Kier alpha value is -0.530. The quantitative estimate of drug-likeness (QED) is 0.155. The monoisotopic (exact) mass is 502 g/mol. The van der Waals surface area contributed by atoms with Crippen LogP contribution >= 0.6 is 0 Å². The molecule has 0 spiro atoms. The molecule has 0 bridgehead atoms. The van der Waals surface area contributed by atoms with Crippen molar-refractivity contribution in [3.63, 3.8) is 0 Å². The van der Waals surface area contributed by atoms with Crippen LogP contribution in [0.15, 0.2) is 0 Å². The number of unbranched alkanes of at least 4 members (excludes halogenated alkanes) is 9. The van der Waals surface area contributed by atoms with Crippen LogP contribution in [0.1, 0.15) is 181 Å². The van der Waals surface area contributed by atoms with Crippen molar-refractivity contribution in [3.05, 3.63) is 0 Å². The SMILES string of the molecule is CCCCCCCCOC(=O)C1(C2(CCCCCCC)CCC(C3CCCCC3)CC2)CCCCC1. The molecular weight excluding hydrogens is 440 g/mol. The summed E-state index contributed by atoms with van der Waals surface area (Å²) in [5.41, 5.74) is 0.0265. The smallest absolute Gasteiger partial charge is 0.312 e. The number of ether oxygens (including phenoxy) is 1. The van der Waals surface area contributed by atoms with Crippen molar-refractivity contribution in [1.29, 1.82) is 0 Å². The van der Waals surface area contributed by atoms with Gasteiger partial charge in [0, 0.05) is 0 Å². The molecule has 3 aliphatic rings. The van der Waals surface area contributed by atoms with Crippen molar-refractivity contribution in [2.24, 2.45) is 22.7 Å². The molecule has 0 radical (unpaired) electrons. The van der Waals surface area contributed by atoms with E-state index in [4.69, 9.17) is 4.74 Å². The van der Waals surface area contributed by atoms with Crippen LogP contribution in [-0.4, -0.2) is 12.6 Å². The second-order valence-corrected chi connectivity index (χ2v) is 13.2. The normalized spacial score (nSPS) is 27.1. The fourth-order valence-electron chi connectivity index (χ4n) is 8.60. The van der Waals surface area contributed by atoms with E-state index >= 15 is 0 Å². The van der Waals surface area contributed by atoms with E-state index in [2.05, 4.69) is 13.8 Å². The van der Waals surface area contributed by atoms with E-state index in [-0.39, 0.29) is 16.8 Å². The molecule has 0 aromatic rings. The summed E-state index contributed by atoms with van der Waals surface area (Å²) in [4.78, 5) is 14.1. The number of carbonyl (C=O) groups is 1. The van der Waals surface area contributed by atoms with Crippen LogP contribution in [-0.2, 0) is 9.53 Å². The van der Waals surface area contributed by atoms with Gasteiger partial charge in [0.25, 0.3) is 0 Å². The summed E-state index contributed by atoms with van der Waals surface area (Å²) in [6.07, 6.45) is 34.2. The van der Waals surface area contributed by atoms with Crippen LogP contribution < -0.4 is 0 Å². The lowest BCUT2D eigenvalue weighted by atomic mass is 9.49. The van der Waals surface area contributed by atoms with Gasteiger partial charge in [0.15, 0.2) is 0 Å². The van der Waals surface area contributed by atoms with Crippen molar-refractivity contribution in [2.75, 3.05) is 6.61 Å². The predicted molar refractivity (Wildman–Crippen MR) is 154 cm³/mol. The zero-order chi connectivity index (χ0) is 25.5. The number of carbonyl (C=O) groups excluding carboxylic acids is 1. The van der Waals surface area contributed by atoms with E-state index in [1.807, 2.05) is 0 Å². The fourth-order valence-corrected chi connectivity index (χ4v) is 8.60. The number of esters is 1.